The Balaban J connectivity index is 1.86. The van der Waals surface area contributed by atoms with Crippen LogP contribution in [0.5, 0.6) is 5.75 Å². The first-order chi connectivity index (χ1) is 9.74. The molecule has 0 saturated carbocycles. The van der Waals surface area contributed by atoms with Gasteiger partial charge in [-0.1, -0.05) is 5.10 Å². The zero-order valence-corrected chi connectivity index (χ0v) is 11.1. The number of benzene rings is 1. The van der Waals surface area contributed by atoms with Gasteiger partial charge >= 0.3 is 6.61 Å². The average molecular weight is 282 g/mol. The van der Waals surface area contributed by atoms with E-state index in [1.807, 2.05) is 0 Å². The quantitative estimate of drug-likeness (QED) is 0.645. The van der Waals surface area contributed by atoms with Crippen molar-refractivity contribution in [2.45, 2.75) is 32.3 Å². The molecule has 1 aliphatic rings. The molecule has 2 rings (SSSR count). The van der Waals surface area contributed by atoms with Crippen LogP contribution in [0.1, 0.15) is 31.2 Å². The molecule has 2 N–H and O–H groups in total. The molecule has 1 aromatic carbocycles. The smallest absolute Gasteiger partial charge is 0.387 e. The molecule has 1 aliphatic heterocycles. The minimum Gasteiger partial charge on any atom is -0.435 e. The second-order valence-corrected chi connectivity index (χ2v) is 4.53. The molecule has 6 heteroatoms. The summed E-state index contributed by atoms with van der Waals surface area (Å²) in [6, 6.07) is 6.33. The topological polar surface area (TPSA) is 47.6 Å². The van der Waals surface area contributed by atoms with Gasteiger partial charge in [-0.25, -0.2) is 0 Å². The molecule has 0 unspecified atom stereocenters. The van der Waals surface area contributed by atoms with Gasteiger partial charge in [-0.2, -0.15) is 14.2 Å². The molecule has 0 aromatic heterocycles. The molecule has 0 atom stereocenters. The van der Waals surface area contributed by atoms with Gasteiger partial charge in [0.05, 0.1) is 19.2 Å². The number of hydrogen-bond donors (Lipinski definition) is 2. The number of rotatable bonds is 4. The van der Waals surface area contributed by atoms with Gasteiger partial charge in [-0.15, -0.1) is 0 Å². The predicted octanol–water partition coefficient (Wildman–Crippen LogP) is 1.26. The van der Waals surface area contributed by atoms with Gasteiger partial charge < -0.3 is 4.74 Å². The van der Waals surface area contributed by atoms with Crippen molar-refractivity contribution in [1.29, 1.82) is 0 Å². The summed E-state index contributed by atoms with van der Waals surface area (Å²) in [4.78, 5) is 3.29. The van der Waals surface area contributed by atoms with E-state index in [0.717, 1.165) is 30.8 Å². The summed E-state index contributed by atoms with van der Waals surface area (Å²) in [5.41, 5.74) is 3.79. The Bertz CT molecular complexity index is 472. The minimum atomic E-state index is -2.80. The monoisotopic (exact) mass is 282 g/mol. The number of hydrazone groups is 1. The van der Waals surface area contributed by atoms with E-state index in [9.17, 15) is 8.78 Å². The van der Waals surface area contributed by atoms with Gasteiger partial charge in [-0.3, -0.25) is 4.99 Å². The van der Waals surface area contributed by atoms with Crippen molar-refractivity contribution in [1.82, 2.24) is 5.43 Å². The van der Waals surface area contributed by atoms with Crippen LogP contribution in [0.25, 0.3) is 0 Å². The van der Waals surface area contributed by atoms with E-state index in [4.69, 9.17) is 0 Å². The zero-order valence-electron chi connectivity index (χ0n) is 11.1. The van der Waals surface area contributed by atoms with Crippen LogP contribution in [0, 0.1) is 0 Å². The molecule has 20 heavy (non-hydrogen) atoms. The van der Waals surface area contributed by atoms with Crippen molar-refractivity contribution < 1.29 is 18.5 Å². The molecule has 0 fully saturated rings. The highest BCUT2D eigenvalue weighted by molar-refractivity contribution is 5.82. The van der Waals surface area contributed by atoms with Crippen molar-refractivity contribution in [3.05, 3.63) is 29.8 Å². The maximum absolute atomic E-state index is 12.0. The van der Waals surface area contributed by atoms with Crippen molar-refractivity contribution >= 4 is 12.1 Å². The van der Waals surface area contributed by atoms with Crippen molar-refractivity contribution in [3.8, 4) is 5.75 Å². The van der Waals surface area contributed by atoms with Crippen LogP contribution in [0.15, 0.2) is 29.4 Å². The third-order valence-corrected chi connectivity index (χ3v) is 2.96. The van der Waals surface area contributed by atoms with Gasteiger partial charge in [0.2, 0.25) is 0 Å². The number of nitrogens with zero attached hydrogens (tertiary/aromatic N) is 1. The second-order valence-electron chi connectivity index (χ2n) is 4.53. The van der Waals surface area contributed by atoms with E-state index in [1.165, 1.54) is 25.0 Å². The molecular weight excluding hydrogens is 264 g/mol. The molecule has 1 heterocycles. The molecule has 0 radical (unpaired) electrons. The molecule has 0 aliphatic carbocycles. The largest absolute Gasteiger partial charge is 0.435 e. The van der Waals surface area contributed by atoms with E-state index >= 15 is 0 Å². The Morgan fingerprint density at radius 1 is 1.20 bits per heavy atom. The Morgan fingerprint density at radius 2 is 2.00 bits per heavy atom. The number of amidine groups is 1. The van der Waals surface area contributed by atoms with Gasteiger partial charge in [0.25, 0.3) is 5.84 Å². The Kier molecular flexibility index (Phi) is 5.46. The van der Waals surface area contributed by atoms with E-state index in [1.54, 1.807) is 18.3 Å². The highest BCUT2D eigenvalue weighted by Gasteiger charge is 2.08. The normalized spacial score (nSPS) is 16.1. The molecule has 0 amide bonds. The lowest BCUT2D eigenvalue weighted by Crippen LogP contribution is -2.75. The summed E-state index contributed by atoms with van der Waals surface area (Å²) in [5.74, 6) is 1.17. The van der Waals surface area contributed by atoms with Crippen LogP contribution in [-0.4, -0.2) is 25.2 Å². The lowest BCUT2D eigenvalue weighted by atomic mass is 10.2. The average Bonchev–Trinajstić information content (AvgIpc) is 2.69. The highest BCUT2D eigenvalue weighted by Crippen LogP contribution is 2.13. The first kappa shape index (κ1) is 14.4. The van der Waals surface area contributed by atoms with Crippen molar-refractivity contribution in [2.24, 2.45) is 5.10 Å². The molecule has 1 aromatic rings. The molecular formula is C14H18F2N3O+. The molecule has 0 bridgehead atoms. The summed E-state index contributed by atoms with van der Waals surface area (Å²) >= 11 is 0. The highest BCUT2D eigenvalue weighted by atomic mass is 19.3. The Labute approximate surface area is 116 Å². The summed E-state index contributed by atoms with van der Waals surface area (Å²) in [6.07, 6.45) is 6.18. The number of alkyl halides is 2. The van der Waals surface area contributed by atoms with E-state index < -0.39 is 6.61 Å². The van der Waals surface area contributed by atoms with Crippen LogP contribution < -0.4 is 15.2 Å². The summed E-state index contributed by atoms with van der Waals surface area (Å²) in [5, 5.41) is 4.13. The summed E-state index contributed by atoms with van der Waals surface area (Å²) < 4.78 is 28.3. The molecule has 0 saturated heterocycles. The SMILES string of the molecule is FC(F)Oc1ccc(/C=N\NC2=[NH+]CCCCC2)cc1. The fourth-order valence-electron chi connectivity index (χ4n) is 1.95. The van der Waals surface area contributed by atoms with Crippen molar-refractivity contribution in [2.75, 3.05) is 6.54 Å². The zero-order chi connectivity index (χ0) is 14.2. The summed E-state index contributed by atoms with van der Waals surface area (Å²) in [6.45, 7) is -1.83. The first-order valence-electron chi connectivity index (χ1n) is 6.68. The predicted molar refractivity (Wildman–Crippen MR) is 73.1 cm³/mol. The van der Waals surface area contributed by atoms with E-state index in [2.05, 4.69) is 20.3 Å². The number of hydrogen-bond acceptors (Lipinski definition) is 3. The van der Waals surface area contributed by atoms with E-state index in [0.29, 0.717) is 0 Å². The fourth-order valence-corrected chi connectivity index (χ4v) is 1.95. The Hall–Kier alpha value is -1.98. The molecule has 4 nitrogen and oxygen atoms in total. The fraction of sp³-hybridized carbons (Fsp3) is 0.429. The lowest BCUT2D eigenvalue weighted by molar-refractivity contribution is -0.459. The molecule has 108 valence electrons. The number of nitrogens with one attached hydrogen (secondary N) is 2. The third-order valence-electron chi connectivity index (χ3n) is 2.96. The molecule has 0 spiro atoms. The van der Waals surface area contributed by atoms with Crippen LogP contribution in [0.2, 0.25) is 0 Å². The van der Waals surface area contributed by atoms with Gasteiger partial charge in [0.1, 0.15) is 5.75 Å². The standard InChI is InChI=1S/C14H17F2N3O/c15-14(16)20-12-7-5-11(6-8-12)10-18-19-13-4-2-1-3-9-17-13/h5-8,10,14H,1-4,9H2,(H,17,19)/p+1/b18-10-. The second kappa shape index (κ2) is 7.57. The van der Waals surface area contributed by atoms with Crippen LogP contribution in [-0.2, 0) is 0 Å². The van der Waals surface area contributed by atoms with Crippen LogP contribution >= 0.6 is 0 Å². The first-order valence-corrected chi connectivity index (χ1v) is 6.68. The maximum atomic E-state index is 12.0. The van der Waals surface area contributed by atoms with Gasteiger partial charge in [0.15, 0.2) is 0 Å². The number of halogens is 2. The van der Waals surface area contributed by atoms with Gasteiger partial charge in [-0.05, 0) is 49.1 Å². The lowest BCUT2D eigenvalue weighted by Gasteiger charge is -2.03. The van der Waals surface area contributed by atoms with Crippen LogP contribution in [0.4, 0.5) is 8.78 Å². The van der Waals surface area contributed by atoms with Crippen LogP contribution in [0.3, 0.4) is 0 Å². The minimum absolute atomic E-state index is 0.143. The van der Waals surface area contributed by atoms with Crippen molar-refractivity contribution in [3.63, 3.8) is 0 Å². The third kappa shape index (κ3) is 4.95. The number of ether oxygens (including phenoxy) is 1. The summed E-state index contributed by atoms with van der Waals surface area (Å²) in [7, 11) is 0. The maximum Gasteiger partial charge on any atom is 0.387 e. The van der Waals surface area contributed by atoms with Gasteiger partial charge in [0, 0.05) is 0 Å². The van der Waals surface area contributed by atoms with E-state index in [-0.39, 0.29) is 5.75 Å². The Morgan fingerprint density at radius 3 is 2.75 bits per heavy atom.